The molecule has 1 unspecified atom stereocenters. The van der Waals surface area contributed by atoms with Crippen molar-refractivity contribution < 1.29 is 19.4 Å². The minimum absolute atomic E-state index is 0.0722. The molecule has 0 aliphatic heterocycles. The summed E-state index contributed by atoms with van der Waals surface area (Å²) in [5.41, 5.74) is 11.4. The van der Waals surface area contributed by atoms with Crippen LogP contribution in [-0.4, -0.2) is 37.4 Å². The fraction of sp³-hybridized carbons (Fsp3) is 0.462. The summed E-state index contributed by atoms with van der Waals surface area (Å²) in [5.74, 6) is -0.238. The molecule has 0 fully saturated rings. The molecule has 6 nitrogen and oxygen atoms in total. The van der Waals surface area contributed by atoms with Crippen LogP contribution in [0, 0.1) is 0 Å². The Balaban J connectivity index is 2.83. The summed E-state index contributed by atoms with van der Waals surface area (Å²) < 4.78 is 10.6. The molecule has 0 bridgehead atoms. The Morgan fingerprint density at radius 1 is 1.42 bits per heavy atom. The van der Waals surface area contributed by atoms with Crippen molar-refractivity contribution >= 4 is 5.91 Å². The van der Waals surface area contributed by atoms with Gasteiger partial charge in [-0.2, -0.15) is 0 Å². The summed E-state index contributed by atoms with van der Waals surface area (Å²) in [4.78, 5) is 11.4. The zero-order chi connectivity index (χ0) is 14.3. The summed E-state index contributed by atoms with van der Waals surface area (Å²) >= 11 is 0. The molecule has 0 aromatic heterocycles. The lowest BCUT2D eigenvalue weighted by atomic mass is 10.0. The van der Waals surface area contributed by atoms with E-state index in [0.29, 0.717) is 31.1 Å². The maximum atomic E-state index is 11.4. The lowest BCUT2D eigenvalue weighted by molar-refractivity contribution is 0.0978. The molecule has 5 N–H and O–H groups in total. The third-order valence-corrected chi connectivity index (χ3v) is 2.57. The zero-order valence-electron chi connectivity index (χ0n) is 11.0. The topological polar surface area (TPSA) is 108 Å². The van der Waals surface area contributed by atoms with Crippen LogP contribution in [0.3, 0.4) is 0 Å². The van der Waals surface area contributed by atoms with Crippen molar-refractivity contribution in [3.05, 3.63) is 29.3 Å². The average molecular weight is 268 g/mol. The van der Waals surface area contributed by atoms with E-state index in [1.165, 1.54) is 6.07 Å². The molecule has 0 spiro atoms. The first-order valence-corrected chi connectivity index (χ1v) is 6.12. The van der Waals surface area contributed by atoms with Crippen molar-refractivity contribution in [3.8, 4) is 5.75 Å². The van der Waals surface area contributed by atoms with Crippen LogP contribution < -0.4 is 16.2 Å². The van der Waals surface area contributed by atoms with Gasteiger partial charge in [-0.3, -0.25) is 4.79 Å². The van der Waals surface area contributed by atoms with Crippen molar-refractivity contribution in [1.29, 1.82) is 0 Å². The van der Waals surface area contributed by atoms with Gasteiger partial charge in [0.25, 0.3) is 5.91 Å². The number of amides is 1. The van der Waals surface area contributed by atoms with Gasteiger partial charge in [-0.1, -0.05) is 6.07 Å². The molecule has 1 aromatic rings. The third-order valence-electron chi connectivity index (χ3n) is 2.57. The van der Waals surface area contributed by atoms with Crippen molar-refractivity contribution in [2.75, 3.05) is 26.4 Å². The molecule has 0 aliphatic rings. The number of rotatable bonds is 8. The minimum Gasteiger partial charge on any atom is -0.490 e. The molecule has 0 saturated carbocycles. The monoisotopic (exact) mass is 268 g/mol. The summed E-state index contributed by atoms with van der Waals surface area (Å²) in [6.45, 7) is 3.32. The van der Waals surface area contributed by atoms with Crippen LogP contribution in [0.4, 0.5) is 0 Å². The average Bonchev–Trinajstić information content (AvgIpc) is 2.42. The number of ether oxygens (including phenoxy) is 2. The lowest BCUT2D eigenvalue weighted by Crippen LogP contribution is -2.17. The number of hydrogen-bond donors (Lipinski definition) is 3. The first kappa shape index (κ1) is 15.4. The van der Waals surface area contributed by atoms with E-state index in [4.69, 9.17) is 20.9 Å². The molecule has 0 heterocycles. The van der Waals surface area contributed by atoms with E-state index in [0.717, 1.165) is 0 Å². The molecule has 0 aliphatic carbocycles. The minimum atomic E-state index is -0.824. The fourth-order valence-corrected chi connectivity index (χ4v) is 1.56. The predicted molar refractivity (Wildman–Crippen MR) is 71.0 cm³/mol. The Bertz CT molecular complexity index is 423. The van der Waals surface area contributed by atoms with Crippen LogP contribution in [0.1, 0.15) is 28.9 Å². The third kappa shape index (κ3) is 4.51. The highest BCUT2D eigenvalue weighted by molar-refractivity contribution is 5.95. The molecule has 6 heteroatoms. The van der Waals surface area contributed by atoms with Crippen LogP contribution in [0.2, 0.25) is 0 Å². The van der Waals surface area contributed by atoms with Gasteiger partial charge < -0.3 is 26.0 Å². The highest BCUT2D eigenvalue weighted by Crippen LogP contribution is 2.23. The van der Waals surface area contributed by atoms with Crippen molar-refractivity contribution in [2.45, 2.75) is 13.0 Å². The summed E-state index contributed by atoms with van der Waals surface area (Å²) in [6.07, 6.45) is -0.824. The smallest absolute Gasteiger partial charge is 0.252 e. The van der Waals surface area contributed by atoms with Crippen LogP contribution in [0.25, 0.3) is 0 Å². The van der Waals surface area contributed by atoms with Gasteiger partial charge in [0.1, 0.15) is 12.4 Å². The lowest BCUT2D eigenvalue weighted by Gasteiger charge is -2.13. The number of aliphatic hydroxyl groups is 1. The molecular formula is C13H20N2O4. The second-order valence-electron chi connectivity index (χ2n) is 3.92. The molecule has 1 amide bonds. The predicted octanol–water partition coefficient (Wildman–Crippen LogP) is 0.193. The van der Waals surface area contributed by atoms with Crippen LogP contribution in [0.15, 0.2) is 18.2 Å². The van der Waals surface area contributed by atoms with Crippen molar-refractivity contribution in [3.63, 3.8) is 0 Å². The summed E-state index contributed by atoms with van der Waals surface area (Å²) in [6, 6.07) is 4.75. The zero-order valence-corrected chi connectivity index (χ0v) is 11.0. The van der Waals surface area contributed by atoms with Gasteiger partial charge in [-0.25, -0.2) is 0 Å². The Hall–Kier alpha value is -1.63. The molecule has 1 rings (SSSR count). The van der Waals surface area contributed by atoms with Crippen molar-refractivity contribution in [1.82, 2.24) is 0 Å². The second kappa shape index (κ2) is 7.73. The van der Waals surface area contributed by atoms with E-state index in [1.807, 2.05) is 6.92 Å². The normalized spacial score (nSPS) is 12.2. The first-order chi connectivity index (χ1) is 9.10. The molecule has 106 valence electrons. The number of carbonyl (C=O) groups excluding carboxylic acids is 1. The number of aliphatic hydroxyl groups excluding tert-OH is 1. The SMILES string of the molecule is CCOCCOc1ccc(C(O)CN)cc1C(N)=O. The highest BCUT2D eigenvalue weighted by Gasteiger charge is 2.13. The number of nitrogens with two attached hydrogens (primary N) is 2. The number of hydrogen-bond acceptors (Lipinski definition) is 5. The van der Waals surface area contributed by atoms with E-state index in [1.54, 1.807) is 12.1 Å². The van der Waals surface area contributed by atoms with Crippen LogP contribution in [0.5, 0.6) is 5.75 Å². The standard InChI is InChI=1S/C13H20N2O4/c1-2-18-5-6-19-12-4-3-9(11(16)8-14)7-10(12)13(15)17/h3-4,7,11,16H,2,5-6,8,14H2,1H3,(H2,15,17). The molecule has 19 heavy (non-hydrogen) atoms. The fourth-order valence-electron chi connectivity index (χ4n) is 1.56. The Morgan fingerprint density at radius 3 is 2.74 bits per heavy atom. The molecule has 1 aromatic carbocycles. The largest absolute Gasteiger partial charge is 0.490 e. The number of carbonyl (C=O) groups is 1. The Labute approximate surface area is 112 Å². The van der Waals surface area contributed by atoms with E-state index < -0.39 is 12.0 Å². The van der Waals surface area contributed by atoms with Gasteiger partial charge in [-0.15, -0.1) is 0 Å². The molecular weight excluding hydrogens is 248 g/mol. The van der Waals surface area contributed by atoms with Gasteiger partial charge in [0.15, 0.2) is 0 Å². The quantitative estimate of drug-likeness (QED) is 0.583. The van der Waals surface area contributed by atoms with E-state index >= 15 is 0 Å². The number of benzene rings is 1. The van der Waals surface area contributed by atoms with Gasteiger partial charge >= 0.3 is 0 Å². The summed E-state index contributed by atoms with van der Waals surface area (Å²) in [7, 11) is 0. The van der Waals surface area contributed by atoms with E-state index in [9.17, 15) is 9.90 Å². The Morgan fingerprint density at radius 2 is 2.16 bits per heavy atom. The molecule has 0 radical (unpaired) electrons. The maximum Gasteiger partial charge on any atom is 0.252 e. The first-order valence-electron chi connectivity index (χ1n) is 6.12. The van der Waals surface area contributed by atoms with Crippen molar-refractivity contribution in [2.24, 2.45) is 11.5 Å². The maximum absolute atomic E-state index is 11.4. The second-order valence-corrected chi connectivity index (χ2v) is 3.92. The van der Waals surface area contributed by atoms with E-state index in [2.05, 4.69) is 0 Å². The van der Waals surface area contributed by atoms with Gasteiger partial charge in [-0.05, 0) is 24.6 Å². The Kier molecular flexibility index (Phi) is 6.27. The van der Waals surface area contributed by atoms with E-state index in [-0.39, 0.29) is 12.1 Å². The van der Waals surface area contributed by atoms with Gasteiger partial charge in [0, 0.05) is 13.2 Å². The van der Waals surface area contributed by atoms with Gasteiger partial charge in [0.05, 0.1) is 18.3 Å². The van der Waals surface area contributed by atoms with Crippen LogP contribution in [-0.2, 0) is 4.74 Å². The van der Waals surface area contributed by atoms with Crippen LogP contribution >= 0.6 is 0 Å². The van der Waals surface area contributed by atoms with Gasteiger partial charge in [0.2, 0.25) is 0 Å². The number of primary amides is 1. The molecule has 1 atom stereocenters. The highest BCUT2D eigenvalue weighted by atomic mass is 16.5. The summed E-state index contributed by atoms with van der Waals surface area (Å²) in [5, 5.41) is 9.63. The molecule has 0 saturated heterocycles.